The number of hydrogen-bond acceptors (Lipinski definition) is 6. The van der Waals surface area contributed by atoms with Crippen LogP contribution in [-0.4, -0.2) is 37.2 Å². The molecule has 0 aliphatic rings. The van der Waals surface area contributed by atoms with Gasteiger partial charge in [-0.05, 0) is 34.1 Å². The second kappa shape index (κ2) is 10.1. The zero-order valence-corrected chi connectivity index (χ0v) is 14.0. The van der Waals surface area contributed by atoms with Gasteiger partial charge in [0.1, 0.15) is 0 Å². The molecule has 6 heteroatoms. The SMILES string of the molecule is C=C(C)C(=O)OC(C)OCC(CC)OC(C)OC(=O)C(=C)C. The summed E-state index contributed by atoms with van der Waals surface area (Å²) >= 11 is 0. The zero-order chi connectivity index (χ0) is 17.3. The molecule has 0 N–H and O–H groups in total. The monoisotopic (exact) mass is 314 g/mol. The molecular weight excluding hydrogens is 288 g/mol. The molecule has 3 unspecified atom stereocenters. The van der Waals surface area contributed by atoms with Gasteiger partial charge in [0, 0.05) is 11.1 Å². The number of ether oxygens (including phenoxy) is 4. The largest absolute Gasteiger partial charge is 0.433 e. The van der Waals surface area contributed by atoms with Gasteiger partial charge in [0.25, 0.3) is 0 Å². The second-order valence-corrected chi connectivity index (χ2v) is 5.01. The molecule has 0 aliphatic carbocycles. The minimum atomic E-state index is -0.717. The quantitative estimate of drug-likeness (QED) is 0.351. The highest BCUT2D eigenvalue weighted by molar-refractivity contribution is 5.87. The molecule has 0 radical (unpaired) electrons. The zero-order valence-electron chi connectivity index (χ0n) is 14.0. The van der Waals surface area contributed by atoms with Crippen LogP contribution in [0.1, 0.15) is 41.0 Å². The first kappa shape index (κ1) is 20.3. The van der Waals surface area contributed by atoms with E-state index in [9.17, 15) is 9.59 Å². The standard InChI is InChI=1S/C16H26O6/c1-8-14(20-13(7)22-16(18)11(4)5)9-19-12(6)21-15(17)10(2)3/h12-14H,2,4,8-9H2,1,3,5-7H3. The summed E-state index contributed by atoms with van der Waals surface area (Å²) in [7, 11) is 0. The maximum absolute atomic E-state index is 11.4. The van der Waals surface area contributed by atoms with Gasteiger partial charge in [-0.1, -0.05) is 20.1 Å². The Labute approximate surface area is 132 Å². The highest BCUT2D eigenvalue weighted by Crippen LogP contribution is 2.09. The highest BCUT2D eigenvalue weighted by Gasteiger charge is 2.18. The summed E-state index contributed by atoms with van der Waals surface area (Å²) in [5.41, 5.74) is 0.610. The molecule has 0 heterocycles. The first-order chi connectivity index (χ1) is 10.2. The van der Waals surface area contributed by atoms with Gasteiger partial charge >= 0.3 is 11.9 Å². The van der Waals surface area contributed by atoms with Crippen LogP contribution in [0.4, 0.5) is 0 Å². The third-order valence-corrected chi connectivity index (χ3v) is 2.60. The van der Waals surface area contributed by atoms with E-state index in [2.05, 4.69) is 13.2 Å². The number of carbonyl (C=O) groups excluding carboxylic acids is 2. The number of carbonyl (C=O) groups is 2. The van der Waals surface area contributed by atoms with Crippen molar-refractivity contribution in [3.8, 4) is 0 Å². The van der Waals surface area contributed by atoms with Gasteiger partial charge in [0.15, 0.2) is 0 Å². The second-order valence-electron chi connectivity index (χ2n) is 5.01. The topological polar surface area (TPSA) is 71.1 Å². The molecule has 0 amide bonds. The lowest BCUT2D eigenvalue weighted by atomic mass is 10.3. The summed E-state index contributed by atoms with van der Waals surface area (Å²) in [6.07, 6.45) is -1.07. The van der Waals surface area contributed by atoms with Crippen LogP contribution < -0.4 is 0 Å². The van der Waals surface area contributed by atoms with Gasteiger partial charge in [0.2, 0.25) is 12.6 Å². The lowest BCUT2D eigenvalue weighted by molar-refractivity contribution is -0.202. The molecule has 0 bridgehead atoms. The Morgan fingerprint density at radius 3 is 1.82 bits per heavy atom. The van der Waals surface area contributed by atoms with E-state index in [0.717, 1.165) is 0 Å². The highest BCUT2D eigenvalue weighted by atomic mass is 16.7. The molecule has 0 aromatic heterocycles. The molecule has 6 nitrogen and oxygen atoms in total. The average molecular weight is 314 g/mol. The normalized spacial score (nSPS) is 14.6. The van der Waals surface area contributed by atoms with Crippen LogP contribution in [0, 0.1) is 0 Å². The van der Waals surface area contributed by atoms with Crippen molar-refractivity contribution in [1.29, 1.82) is 0 Å². The lowest BCUT2D eigenvalue weighted by Crippen LogP contribution is -2.30. The van der Waals surface area contributed by atoms with E-state index in [1.165, 1.54) is 0 Å². The summed E-state index contributed by atoms with van der Waals surface area (Å²) in [5, 5.41) is 0. The van der Waals surface area contributed by atoms with Crippen molar-refractivity contribution in [1.82, 2.24) is 0 Å². The maximum Gasteiger partial charge on any atom is 0.335 e. The van der Waals surface area contributed by atoms with E-state index in [-0.39, 0.29) is 12.7 Å². The van der Waals surface area contributed by atoms with Crippen molar-refractivity contribution in [2.24, 2.45) is 0 Å². The Bertz CT molecular complexity index is 415. The lowest BCUT2D eigenvalue weighted by Gasteiger charge is -2.23. The first-order valence-corrected chi connectivity index (χ1v) is 7.17. The molecule has 22 heavy (non-hydrogen) atoms. The van der Waals surface area contributed by atoms with Crippen LogP contribution in [0.5, 0.6) is 0 Å². The molecular formula is C16H26O6. The van der Waals surface area contributed by atoms with E-state index in [1.807, 2.05) is 6.92 Å². The third kappa shape index (κ3) is 8.59. The molecule has 126 valence electrons. The van der Waals surface area contributed by atoms with E-state index in [1.54, 1.807) is 27.7 Å². The van der Waals surface area contributed by atoms with Crippen LogP contribution in [-0.2, 0) is 28.5 Å². The van der Waals surface area contributed by atoms with Gasteiger partial charge in [-0.2, -0.15) is 0 Å². The number of rotatable bonds is 10. The van der Waals surface area contributed by atoms with Crippen LogP contribution in [0.25, 0.3) is 0 Å². The summed E-state index contributed by atoms with van der Waals surface area (Å²) in [5.74, 6) is -1.02. The Morgan fingerprint density at radius 1 is 0.955 bits per heavy atom. The van der Waals surface area contributed by atoms with Gasteiger partial charge in [-0.15, -0.1) is 0 Å². The van der Waals surface area contributed by atoms with Crippen LogP contribution >= 0.6 is 0 Å². The van der Waals surface area contributed by atoms with Gasteiger partial charge in [-0.25, -0.2) is 9.59 Å². The van der Waals surface area contributed by atoms with Crippen LogP contribution in [0.15, 0.2) is 24.3 Å². The smallest absolute Gasteiger partial charge is 0.335 e. The fourth-order valence-corrected chi connectivity index (χ4v) is 1.33. The minimum Gasteiger partial charge on any atom is -0.433 e. The van der Waals surface area contributed by atoms with Crippen LogP contribution in [0.3, 0.4) is 0 Å². The average Bonchev–Trinajstić information content (AvgIpc) is 2.42. The Kier molecular flexibility index (Phi) is 9.37. The van der Waals surface area contributed by atoms with E-state index in [0.29, 0.717) is 17.6 Å². The third-order valence-electron chi connectivity index (χ3n) is 2.60. The van der Waals surface area contributed by atoms with Crippen molar-refractivity contribution in [3.05, 3.63) is 24.3 Å². The summed E-state index contributed by atoms with van der Waals surface area (Å²) in [6, 6.07) is 0. The molecule has 0 saturated carbocycles. The van der Waals surface area contributed by atoms with Gasteiger partial charge in [0.05, 0.1) is 12.7 Å². The van der Waals surface area contributed by atoms with E-state index < -0.39 is 24.5 Å². The summed E-state index contributed by atoms with van der Waals surface area (Å²) in [4.78, 5) is 22.7. The van der Waals surface area contributed by atoms with Crippen molar-refractivity contribution < 1.29 is 28.5 Å². The Balaban J connectivity index is 4.20. The number of esters is 2. The fraction of sp³-hybridized carbons (Fsp3) is 0.625. The molecule has 0 aromatic carbocycles. The molecule has 3 atom stereocenters. The molecule has 0 aromatic rings. The minimum absolute atomic E-state index is 0.204. The van der Waals surface area contributed by atoms with Crippen molar-refractivity contribution in [2.45, 2.75) is 59.7 Å². The molecule has 0 rings (SSSR count). The van der Waals surface area contributed by atoms with Crippen molar-refractivity contribution in [3.63, 3.8) is 0 Å². The summed E-state index contributed by atoms with van der Waals surface area (Å²) in [6.45, 7) is 15.5. The Hall–Kier alpha value is -1.66. The first-order valence-electron chi connectivity index (χ1n) is 7.17. The van der Waals surface area contributed by atoms with Gasteiger partial charge < -0.3 is 18.9 Å². The van der Waals surface area contributed by atoms with Crippen molar-refractivity contribution >= 4 is 11.9 Å². The summed E-state index contributed by atoms with van der Waals surface area (Å²) < 4.78 is 21.0. The Morgan fingerprint density at radius 2 is 1.41 bits per heavy atom. The molecule has 0 spiro atoms. The molecule has 0 saturated heterocycles. The predicted octanol–water partition coefficient (Wildman–Crippen LogP) is 2.73. The fourth-order valence-electron chi connectivity index (χ4n) is 1.33. The van der Waals surface area contributed by atoms with E-state index in [4.69, 9.17) is 18.9 Å². The predicted molar refractivity (Wildman–Crippen MR) is 81.9 cm³/mol. The maximum atomic E-state index is 11.4. The van der Waals surface area contributed by atoms with Gasteiger partial charge in [-0.3, -0.25) is 0 Å². The van der Waals surface area contributed by atoms with E-state index >= 15 is 0 Å². The van der Waals surface area contributed by atoms with Crippen molar-refractivity contribution in [2.75, 3.05) is 6.61 Å². The molecule has 0 fully saturated rings. The number of hydrogen-bond donors (Lipinski definition) is 0. The molecule has 0 aliphatic heterocycles. The van der Waals surface area contributed by atoms with Crippen LogP contribution in [0.2, 0.25) is 0 Å².